The summed E-state index contributed by atoms with van der Waals surface area (Å²) in [6.07, 6.45) is 3.11. The summed E-state index contributed by atoms with van der Waals surface area (Å²) in [5, 5.41) is 9.53. The van der Waals surface area contributed by atoms with Gasteiger partial charge >= 0.3 is 0 Å². The number of carbonyl (C=O) groups excluding carboxylic acids is 1. The van der Waals surface area contributed by atoms with Gasteiger partial charge in [-0.3, -0.25) is 9.79 Å². The number of amides is 1. The van der Waals surface area contributed by atoms with Crippen LogP contribution in [0.3, 0.4) is 0 Å². The zero-order valence-electron chi connectivity index (χ0n) is 19.0. The lowest BCUT2D eigenvalue weighted by Gasteiger charge is -2.15. The van der Waals surface area contributed by atoms with E-state index in [-0.39, 0.29) is 18.6 Å². The lowest BCUT2D eigenvalue weighted by atomic mass is 10.1. The van der Waals surface area contributed by atoms with Gasteiger partial charge in [-0.1, -0.05) is 42.5 Å². The summed E-state index contributed by atoms with van der Waals surface area (Å²) in [7, 11) is 1.75. The normalized spacial score (nSPS) is 14.5. The van der Waals surface area contributed by atoms with Crippen LogP contribution in [0.15, 0.2) is 59.6 Å². The maximum absolute atomic E-state index is 11.8. The largest absolute Gasteiger partial charge is 0.484 e. The van der Waals surface area contributed by atoms with E-state index in [1.807, 2.05) is 42.5 Å². The lowest BCUT2D eigenvalue weighted by Crippen LogP contribution is -2.37. The molecule has 172 valence electrons. The summed E-state index contributed by atoms with van der Waals surface area (Å²) in [4.78, 5) is 16.0. The molecule has 0 aromatic heterocycles. The molecular formula is C25H34N4O3. The Kier molecular flexibility index (Phi) is 9.37. The Labute approximate surface area is 190 Å². The first kappa shape index (κ1) is 23.6. The number of nitrogens with zero attached hydrogens (tertiary/aromatic N) is 1. The fraction of sp³-hybridized carbons (Fsp3) is 0.440. The van der Waals surface area contributed by atoms with Crippen molar-refractivity contribution < 1.29 is 14.3 Å². The van der Waals surface area contributed by atoms with Gasteiger partial charge in [-0.05, 0) is 49.4 Å². The first-order valence-corrected chi connectivity index (χ1v) is 11.3. The number of aliphatic imine (C=N–C) groups is 1. The van der Waals surface area contributed by atoms with Crippen LogP contribution in [0.2, 0.25) is 0 Å². The molecule has 0 saturated heterocycles. The molecule has 0 heterocycles. The van der Waals surface area contributed by atoms with Crippen molar-refractivity contribution in [2.75, 3.05) is 26.8 Å². The van der Waals surface area contributed by atoms with Gasteiger partial charge < -0.3 is 25.4 Å². The predicted molar refractivity (Wildman–Crippen MR) is 127 cm³/mol. The van der Waals surface area contributed by atoms with Crippen LogP contribution in [0.5, 0.6) is 5.75 Å². The van der Waals surface area contributed by atoms with Crippen LogP contribution >= 0.6 is 0 Å². The highest BCUT2D eigenvalue weighted by molar-refractivity contribution is 5.79. The molecule has 2 aromatic rings. The second kappa shape index (κ2) is 12.7. The molecule has 7 nitrogen and oxygen atoms in total. The number of benzene rings is 2. The minimum absolute atomic E-state index is 0.0432. The van der Waals surface area contributed by atoms with Crippen LogP contribution in [-0.2, 0) is 16.1 Å². The Hall–Kier alpha value is -3.06. The highest BCUT2D eigenvalue weighted by Gasteiger charge is 2.23. The fourth-order valence-corrected chi connectivity index (χ4v) is 3.16. The molecule has 1 saturated carbocycles. The molecular weight excluding hydrogens is 404 g/mol. The van der Waals surface area contributed by atoms with Crippen molar-refractivity contribution >= 4 is 11.9 Å². The summed E-state index contributed by atoms with van der Waals surface area (Å²) < 4.78 is 11.5. The number of ether oxygens (including phenoxy) is 2. The van der Waals surface area contributed by atoms with E-state index in [4.69, 9.17) is 9.47 Å². The van der Waals surface area contributed by atoms with Crippen molar-refractivity contribution in [1.29, 1.82) is 0 Å². The Balaban J connectivity index is 1.32. The van der Waals surface area contributed by atoms with E-state index in [0.29, 0.717) is 24.9 Å². The average Bonchev–Trinajstić information content (AvgIpc) is 3.64. The number of hydrogen-bond donors (Lipinski definition) is 3. The number of nitrogens with one attached hydrogen (secondary N) is 3. The fourth-order valence-electron chi connectivity index (χ4n) is 3.16. The van der Waals surface area contributed by atoms with Crippen LogP contribution in [0, 0.1) is 0 Å². The molecule has 1 amide bonds. The monoisotopic (exact) mass is 438 g/mol. The molecule has 1 aliphatic rings. The van der Waals surface area contributed by atoms with E-state index in [0.717, 1.165) is 37.3 Å². The molecule has 0 spiro atoms. The third-order valence-electron chi connectivity index (χ3n) is 5.14. The first-order valence-electron chi connectivity index (χ1n) is 11.3. The van der Waals surface area contributed by atoms with Crippen LogP contribution in [-0.4, -0.2) is 44.7 Å². The Bertz CT molecular complexity index is 869. The highest BCUT2D eigenvalue weighted by Crippen LogP contribution is 2.19. The summed E-state index contributed by atoms with van der Waals surface area (Å²) in [5.41, 5.74) is 2.24. The van der Waals surface area contributed by atoms with Crippen LogP contribution in [0.25, 0.3) is 0 Å². The van der Waals surface area contributed by atoms with E-state index in [2.05, 4.69) is 40.0 Å². The van der Waals surface area contributed by atoms with Crippen molar-refractivity contribution in [2.45, 2.75) is 44.9 Å². The molecule has 3 rings (SSSR count). The van der Waals surface area contributed by atoms with Gasteiger partial charge in [0.1, 0.15) is 5.75 Å². The molecule has 3 N–H and O–H groups in total. The first-order chi connectivity index (χ1) is 15.6. The lowest BCUT2D eigenvalue weighted by molar-refractivity contribution is -0.123. The summed E-state index contributed by atoms with van der Waals surface area (Å²) in [6, 6.07) is 18.3. The van der Waals surface area contributed by atoms with Gasteiger partial charge in [-0.15, -0.1) is 0 Å². The van der Waals surface area contributed by atoms with E-state index in [9.17, 15) is 4.79 Å². The van der Waals surface area contributed by atoms with Gasteiger partial charge in [0, 0.05) is 32.8 Å². The number of hydrogen-bond acceptors (Lipinski definition) is 4. The predicted octanol–water partition coefficient (Wildman–Crippen LogP) is 3.18. The van der Waals surface area contributed by atoms with E-state index in [1.54, 1.807) is 7.05 Å². The molecule has 7 heteroatoms. The quantitative estimate of drug-likeness (QED) is 0.269. The second-order valence-corrected chi connectivity index (χ2v) is 7.91. The number of guanidine groups is 1. The molecule has 32 heavy (non-hydrogen) atoms. The van der Waals surface area contributed by atoms with Crippen molar-refractivity contribution in [1.82, 2.24) is 16.0 Å². The van der Waals surface area contributed by atoms with Gasteiger partial charge in [-0.25, -0.2) is 0 Å². The zero-order chi connectivity index (χ0) is 22.6. The third kappa shape index (κ3) is 8.59. The molecule has 1 atom stereocenters. The van der Waals surface area contributed by atoms with Crippen LogP contribution in [0.4, 0.5) is 0 Å². The molecule has 1 aliphatic carbocycles. The molecule has 0 radical (unpaired) electrons. The van der Waals surface area contributed by atoms with E-state index in [1.165, 1.54) is 5.56 Å². The Morgan fingerprint density at radius 2 is 1.94 bits per heavy atom. The van der Waals surface area contributed by atoms with Crippen molar-refractivity contribution in [2.24, 2.45) is 4.99 Å². The van der Waals surface area contributed by atoms with Gasteiger partial charge in [0.25, 0.3) is 5.91 Å². The number of rotatable bonds is 12. The summed E-state index contributed by atoms with van der Waals surface area (Å²) >= 11 is 0. The van der Waals surface area contributed by atoms with Gasteiger partial charge in [-0.2, -0.15) is 0 Å². The average molecular weight is 439 g/mol. The minimum Gasteiger partial charge on any atom is -0.484 e. The van der Waals surface area contributed by atoms with E-state index < -0.39 is 0 Å². The molecule has 0 aliphatic heterocycles. The Morgan fingerprint density at radius 3 is 2.69 bits per heavy atom. The van der Waals surface area contributed by atoms with Gasteiger partial charge in [0.05, 0.1) is 6.10 Å². The minimum atomic E-state index is -0.0669. The van der Waals surface area contributed by atoms with Gasteiger partial charge in [0.2, 0.25) is 0 Å². The zero-order valence-corrected chi connectivity index (χ0v) is 19.0. The van der Waals surface area contributed by atoms with Crippen molar-refractivity contribution in [3.05, 3.63) is 65.7 Å². The third-order valence-corrected chi connectivity index (χ3v) is 5.14. The maximum atomic E-state index is 11.8. The smallest absolute Gasteiger partial charge is 0.258 e. The number of carbonyl (C=O) groups is 1. The molecule has 2 aromatic carbocycles. The van der Waals surface area contributed by atoms with E-state index >= 15 is 0 Å². The SMILES string of the molecule is CN=C(NCCCOC(C)c1ccccc1)NCc1cccc(OCC(=O)NC2CC2)c1. The summed E-state index contributed by atoms with van der Waals surface area (Å²) in [6.45, 7) is 4.16. The Morgan fingerprint density at radius 1 is 1.12 bits per heavy atom. The molecule has 1 fully saturated rings. The van der Waals surface area contributed by atoms with Crippen molar-refractivity contribution in [3.63, 3.8) is 0 Å². The topological polar surface area (TPSA) is 84.0 Å². The molecule has 1 unspecified atom stereocenters. The van der Waals surface area contributed by atoms with Crippen molar-refractivity contribution in [3.8, 4) is 5.75 Å². The standard InChI is InChI=1S/C25H34N4O3/c1-19(21-9-4-3-5-10-21)31-15-7-14-27-25(26-2)28-17-20-8-6-11-23(16-20)32-18-24(30)29-22-12-13-22/h3-6,8-11,16,19,22H,7,12-15,17-18H2,1-2H3,(H,29,30)(H2,26,27,28). The second-order valence-electron chi connectivity index (χ2n) is 7.91. The molecule has 0 bridgehead atoms. The highest BCUT2D eigenvalue weighted by atomic mass is 16.5. The maximum Gasteiger partial charge on any atom is 0.258 e. The van der Waals surface area contributed by atoms with Gasteiger partial charge in [0.15, 0.2) is 12.6 Å². The summed E-state index contributed by atoms with van der Waals surface area (Å²) in [5.74, 6) is 1.35. The van der Waals surface area contributed by atoms with Crippen LogP contribution in [0.1, 0.15) is 43.4 Å². The van der Waals surface area contributed by atoms with Crippen LogP contribution < -0.4 is 20.7 Å².